The van der Waals surface area contributed by atoms with E-state index in [4.69, 9.17) is 9.47 Å². The van der Waals surface area contributed by atoms with Gasteiger partial charge in [-0.1, -0.05) is 12.1 Å². The Bertz CT molecular complexity index is 1140. The number of para-hydroxylation sites is 2. The average Bonchev–Trinajstić information content (AvgIpc) is 2.79. The van der Waals surface area contributed by atoms with Crippen molar-refractivity contribution in [2.45, 2.75) is 12.8 Å². The molecular weight excluding hydrogens is 432 g/mol. The number of ether oxygens (including phenoxy) is 2. The third-order valence-corrected chi connectivity index (χ3v) is 5.65. The zero-order valence-corrected chi connectivity index (χ0v) is 19.0. The van der Waals surface area contributed by atoms with Gasteiger partial charge in [0, 0.05) is 32.2 Å². The van der Waals surface area contributed by atoms with E-state index in [9.17, 15) is 9.59 Å². The number of anilines is 1. The van der Waals surface area contributed by atoms with E-state index in [0.717, 1.165) is 57.0 Å². The first-order valence-corrected chi connectivity index (χ1v) is 10.6. The Balaban J connectivity index is 0.00000289. The summed E-state index contributed by atoms with van der Waals surface area (Å²) in [5.41, 5.74) is 0.743. The number of piperazine rings is 1. The normalized spacial score (nSPS) is 14.2. The van der Waals surface area contributed by atoms with Gasteiger partial charge in [0.05, 0.1) is 30.3 Å². The van der Waals surface area contributed by atoms with Crippen LogP contribution < -0.4 is 25.6 Å². The van der Waals surface area contributed by atoms with Crippen LogP contribution in [0.15, 0.2) is 52.1 Å². The Morgan fingerprint density at radius 1 is 0.969 bits per heavy atom. The van der Waals surface area contributed by atoms with E-state index in [0.29, 0.717) is 23.3 Å². The number of hydrogen-bond donors (Lipinski definition) is 2. The summed E-state index contributed by atoms with van der Waals surface area (Å²) < 4.78 is 11.3. The van der Waals surface area contributed by atoms with Gasteiger partial charge in [0.2, 0.25) is 0 Å². The van der Waals surface area contributed by atoms with Crippen molar-refractivity contribution in [1.82, 2.24) is 14.9 Å². The molecule has 0 amide bonds. The lowest BCUT2D eigenvalue weighted by Gasteiger charge is -2.36. The molecule has 1 aliphatic rings. The zero-order chi connectivity index (χ0) is 21.6. The molecule has 2 heterocycles. The van der Waals surface area contributed by atoms with Gasteiger partial charge in [-0.2, -0.15) is 0 Å². The Hall–Kier alpha value is -2.97. The monoisotopic (exact) mass is 460 g/mol. The van der Waals surface area contributed by atoms with Crippen molar-refractivity contribution in [3.8, 4) is 11.5 Å². The van der Waals surface area contributed by atoms with Gasteiger partial charge in [-0.25, -0.2) is 4.79 Å². The van der Waals surface area contributed by atoms with E-state index < -0.39 is 11.2 Å². The van der Waals surface area contributed by atoms with Gasteiger partial charge in [-0.05, 0) is 43.7 Å². The number of methoxy groups -OCH3 is 1. The number of aromatic nitrogens is 2. The minimum atomic E-state index is -0.513. The van der Waals surface area contributed by atoms with Crippen LogP contribution in [0.4, 0.5) is 5.69 Å². The van der Waals surface area contributed by atoms with Gasteiger partial charge in [0.25, 0.3) is 5.56 Å². The summed E-state index contributed by atoms with van der Waals surface area (Å²) in [6.07, 6.45) is 2.00. The molecule has 0 bridgehead atoms. The van der Waals surface area contributed by atoms with Gasteiger partial charge >= 0.3 is 5.69 Å². The van der Waals surface area contributed by atoms with Gasteiger partial charge < -0.3 is 19.4 Å². The zero-order valence-electron chi connectivity index (χ0n) is 18.1. The fourth-order valence-corrected chi connectivity index (χ4v) is 3.97. The molecule has 0 radical (unpaired) electrons. The van der Waals surface area contributed by atoms with Crippen LogP contribution in [-0.4, -0.2) is 61.3 Å². The predicted molar refractivity (Wildman–Crippen MR) is 129 cm³/mol. The van der Waals surface area contributed by atoms with Crippen molar-refractivity contribution in [3.63, 3.8) is 0 Å². The van der Waals surface area contributed by atoms with Crippen molar-refractivity contribution in [3.05, 3.63) is 63.3 Å². The quantitative estimate of drug-likeness (QED) is 0.502. The van der Waals surface area contributed by atoms with Crippen LogP contribution in [0.1, 0.15) is 12.8 Å². The molecule has 172 valence electrons. The number of unbranched alkanes of at least 4 members (excludes halogenated alkanes) is 1. The van der Waals surface area contributed by atoms with E-state index in [1.807, 2.05) is 12.1 Å². The number of nitrogens with one attached hydrogen (secondary N) is 2. The maximum Gasteiger partial charge on any atom is 0.326 e. The summed E-state index contributed by atoms with van der Waals surface area (Å²) in [6, 6.07) is 13.3. The molecule has 1 saturated heterocycles. The van der Waals surface area contributed by atoms with Crippen molar-refractivity contribution >= 4 is 29.0 Å². The molecule has 8 nitrogen and oxygen atoms in total. The van der Waals surface area contributed by atoms with Crippen LogP contribution in [-0.2, 0) is 0 Å². The van der Waals surface area contributed by atoms with Crippen molar-refractivity contribution in [2.24, 2.45) is 0 Å². The fourth-order valence-electron chi connectivity index (χ4n) is 3.97. The molecule has 0 atom stereocenters. The lowest BCUT2D eigenvalue weighted by molar-refractivity contribution is 0.238. The second kappa shape index (κ2) is 11.1. The maximum absolute atomic E-state index is 11.8. The maximum atomic E-state index is 11.8. The Labute approximate surface area is 192 Å². The number of nitrogens with zero attached hydrogens (tertiary/aromatic N) is 2. The first-order chi connectivity index (χ1) is 15.1. The second-order valence-corrected chi connectivity index (χ2v) is 7.67. The highest BCUT2D eigenvalue weighted by atomic mass is 35.5. The van der Waals surface area contributed by atoms with Crippen LogP contribution in [0.2, 0.25) is 0 Å². The molecule has 0 spiro atoms. The first kappa shape index (κ1) is 23.7. The lowest BCUT2D eigenvalue weighted by atomic mass is 10.2. The summed E-state index contributed by atoms with van der Waals surface area (Å²) in [7, 11) is 1.72. The van der Waals surface area contributed by atoms with Crippen molar-refractivity contribution < 1.29 is 9.47 Å². The molecule has 0 saturated carbocycles. The molecule has 1 aromatic heterocycles. The number of H-pyrrole nitrogens is 2. The highest BCUT2D eigenvalue weighted by Crippen LogP contribution is 2.28. The van der Waals surface area contributed by atoms with Crippen molar-refractivity contribution in [1.29, 1.82) is 0 Å². The molecule has 2 aromatic carbocycles. The summed E-state index contributed by atoms with van der Waals surface area (Å²) in [6.45, 7) is 5.69. The molecule has 2 N–H and O–H groups in total. The molecule has 1 fully saturated rings. The third-order valence-electron chi connectivity index (χ3n) is 5.65. The summed E-state index contributed by atoms with van der Waals surface area (Å²) >= 11 is 0. The van der Waals surface area contributed by atoms with Gasteiger partial charge in [0.15, 0.2) is 0 Å². The SMILES string of the molecule is COc1ccccc1N1CCN(CCCCOc2ccc3c(=O)[nH]c(=O)[nH]c3c2)CC1.Cl. The van der Waals surface area contributed by atoms with E-state index in [1.54, 1.807) is 25.3 Å². The van der Waals surface area contributed by atoms with Crippen LogP contribution in [0.25, 0.3) is 10.9 Å². The summed E-state index contributed by atoms with van der Waals surface area (Å²) in [5.74, 6) is 1.58. The first-order valence-electron chi connectivity index (χ1n) is 10.6. The molecule has 3 aromatic rings. The molecular formula is C23H29ClN4O4. The molecule has 0 unspecified atom stereocenters. The van der Waals surface area contributed by atoms with Gasteiger partial charge in [-0.3, -0.25) is 14.7 Å². The number of rotatable bonds is 8. The van der Waals surface area contributed by atoms with Crippen LogP contribution in [0.5, 0.6) is 11.5 Å². The lowest BCUT2D eigenvalue weighted by Crippen LogP contribution is -2.46. The Kier molecular flexibility index (Phi) is 8.19. The van der Waals surface area contributed by atoms with Crippen LogP contribution >= 0.6 is 12.4 Å². The highest BCUT2D eigenvalue weighted by Gasteiger charge is 2.19. The Morgan fingerprint density at radius 3 is 2.53 bits per heavy atom. The molecule has 9 heteroatoms. The fraction of sp³-hybridized carbons (Fsp3) is 0.391. The third kappa shape index (κ3) is 5.63. The van der Waals surface area contributed by atoms with E-state index in [2.05, 4.69) is 31.9 Å². The Morgan fingerprint density at radius 2 is 1.75 bits per heavy atom. The average molecular weight is 461 g/mol. The predicted octanol–water partition coefficient (Wildman–Crippen LogP) is 2.63. The van der Waals surface area contributed by atoms with E-state index >= 15 is 0 Å². The van der Waals surface area contributed by atoms with Gasteiger partial charge in [-0.15, -0.1) is 12.4 Å². The molecule has 32 heavy (non-hydrogen) atoms. The number of benzene rings is 2. The largest absolute Gasteiger partial charge is 0.495 e. The minimum Gasteiger partial charge on any atom is -0.495 e. The number of aromatic amines is 2. The highest BCUT2D eigenvalue weighted by molar-refractivity contribution is 5.85. The smallest absolute Gasteiger partial charge is 0.326 e. The topological polar surface area (TPSA) is 90.7 Å². The standard InChI is InChI=1S/C23H28N4O4.ClH/c1-30-21-7-3-2-6-20(21)27-13-11-26(12-14-27)10-4-5-15-31-17-8-9-18-19(16-17)24-23(29)25-22(18)28;/h2-3,6-9,16H,4-5,10-15H2,1H3,(H2,24,25,28,29);1H. The summed E-state index contributed by atoms with van der Waals surface area (Å²) in [4.78, 5) is 32.9. The van der Waals surface area contributed by atoms with E-state index in [1.165, 1.54) is 0 Å². The minimum absolute atomic E-state index is 0. The van der Waals surface area contributed by atoms with Crippen LogP contribution in [0, 0.1) is 0 Å². The molecule has 4 rings (SSSR count). The van der Waals surface area contributed by atoms with Gasteiger partial charge in [0.1, 0.15) is 11.5 Å². The van der Waals surface area contributed by atoms with E-state index in [-0.39, 0.29) is 12.4 Å². The number of hydrogen-bond acceptors (Lipinski definition) is 6. The second-order valence-electron chi connectivity index (χ2n) is 7.67. The molecule has 0 aliphatic carbocycles. The molecule has 1 aliphatic heterocycles. The number of halogens is 1. The van der Waals surface area contributed by atoms with Crippen LogP contribution in [0.3, 0.4) is 0 Å². The summed E-state index contributed by atoms with van der Waals surface area (Å²) in [5, 5.41) is 0.444. The number of fused-ring (bicyclic) bond motifs is 1. The van der Waals surface area contributed by atoms with Crippen molar-refractivity contribution in [2.75, 3.05) is 51.3 Å².